The van der Waals surface area contributed by atoms with Gasteiger partial charge in [-0.3, -0.25) is 14.2 Å². The number of hydrogen-bond acceptors (Lipinski definition) is 7. The fourth-order valence-corrected chi connectivity index (χ4v) is 4.64. The number of thiazole rings is 1. The molecule has 0 aliphatic carbocycles. The predicted molar refractivity (Wildman–Crippen MR) is 135 cm³/mol. The second kappa shape index (κ2) is 10.6. The van der Waals surface area contributed by atoms with E-state index in [0.717, 1.165) is 22.4 Å². The lowest BCUT2D eigenvalue weighted by Gasteiger charge is -2.14. The predicted octanol–water partition coefficient (Wildman–Crippen LogP) is 4.31. The summed E-state index contributed by atoms with van der Waals surface area (Å²) in [4.78, 5) is 29.1. The van der Waals surface area contributed by atoms with Crippen molar-refractivity contribution in [2.75, 3.05) is 11.1 Å². The van der Waals surface area contributed by atoms with E-state index >= 15 is 0 Å². The number of aryl methyl sites for hydroxylation is 3. The van der Waals surface area contributed by atoms with Gasteiger partial charge in [-0.25, -0.2) is 4.98 Å². The molecule has 0 atom stereocenters. The molecule has 2 aromatic heterocycles. The molecule has 0 saturated carbocycles. The Morgan fingerprint density at radius 3 is 2.65 bits per heavy atom. The van der Waals surface area contributed by atoms with Gasteiger partial charge in [0.2, 0.25) is 5.91 Å². The highest BCUT2D eigenvalue weighted by Gasteiger charge is 2.19. The molecule has 2 N–H and O–H groups in total. The topological polar surface area (TPSA) is 102 Å². The monoisotopic (exact) mass is 492 g/mol. The Kier molecular flexibility index (Phi) is 7.39. The van der Waals surface area contributed by atoms with Crippen LogP contribution in [-0.2, 0) is 11.3 Å². The zero-order valence-electron chi connectivity index (χ0n) is 19.0. The molecule has 0 spiro atoms. The third-order valence-corrected chi connectivity index (χ3v) is 6.62. The van der Waals surface area contributed by atoms with Gasteiger partial charge >= 0.3 is 0 Å². The van der Waals surface area contributed by atoms with Crippen molar-refractivity contribution < 1.29 is 9.59 Å². The number of thioether (sulfide) groups is 1. The summed E-state index contributed by atoms with van der Waals surface area (Å²) in [6.45, 7) is 6.16. The van der Waals surface area contributed by atoms with E-state index in [4.69, 9.17) is 0 Å². The average molecular weight is 493 g/mol. The van der Waals surface area contributed by atoms with Crippen LogP contribution in [0.3, 0.4) is 0 Å². The van der Waals surface area contributed by atoms with Crippen molar-refractivity contribution in [1.29, 1.82) is 0 Å². The van der Waals surface area contributed by atoms with Crippen LogP contribution in [0.25, 0.3) is 5.69 Å². The lowest BCUT2D eigenvalue weighted by atomic mass is 10.1. The fourth-order valence-electron chi connectivity index (χ4n) is 3.33. The van der Waals surface area contributed by atoms with E-state index in [2.05, 4.69) is 25.8 Å². The molecule has 174 valence electrons. The minimum absolute atomic E-state index is 0.151. The van der Waals surface area contributed by atoms with Crippen molar-refractivity contribution >= 4 is 40.0 Å². The highest BCUT2D eigenvalue weighted by atomic mass is 32.2. The molecule has 0 radical (unpaired) electrons. The Morgan fingerprint density at radius 1 is 1.06 bits per heavy atom. The van der Waals surface area contributed by atoms with Crippen LogP contribution in [-0.4, -0.2) is 37.3 Å². The van der Waals surface area contributed by atoms with Gasteiger partial charge < -0.3 is 10.6 Å². The van der Waals surface area contributed by atoms with Gasteiger partial charge in [-0.1, -0.05) is 41.6 Å². The van der Waals surface area contributed by atoms with E-state index in [1.165, 1.54) is 23.1 Å². The van der Waals surface area contributed by atoms with Gasteiger partial charge in [0, 0.05) is 17.1 Å². The van der Waals surface area contributed by atoms with Gasteiger partial charge in [-0.15, -0.1) is 21.5 Å². The first-order chi connectivity index (χ1) is 16.4. The van der Waals surface area contributed by atoms with Crippen molar-refractivity contribution in [2.24, 2.45) is 0 Å². The lowest BCUT2D eigenvalue weighted by molar-refractivity contribution is -0.113. The number of amides is 2. The number of nitrogens with one attached hydrogen (secondary N) is 2. The summed E-state index contributed by atoms with van der Waals surface area (Å²) in [6, 6.07) is 13.5. The molecule has 8 nitrogen and oxygen atoms in total. The number of anilines is 1. The summed E-state index contributed by atoms with van der Waals surface area (Å²) in [7, 11) is 0. The molecular formula is C24H24N6O2S2. The molecule has 0 aliphatic rings. The van der Waals surface area contributed by atoms with E-state index in [1.54, 1.807) is 17.6 Å². The summed E-state index contributed by atoms with van der Waals surface area (Å²) in [5.74, 6) is 0.372. The summed E-state index contributed by atoms with van der Waals surface area (Å²) in [6.07, 6.45) is 1.64. The number of aromatic nitrogens is 4. The molecule has 4 aromatic rings. The highest BCUT2D eigenvalue weighted by Crippen LogP contribution is 2.25. The molecule has 2 heterocycles. The van der Waals surface area contributed by atoms with Crippen molar-refractivity contribution in [3.05, 3.63) is 82.1 Å². The molecular weight excluding hydrogens is 468 g/mol. The molecule has 2 amide bonds. The smallest absolute Gasteiger partial charge is 0.251 e. The maximum atomic E-state index is 12.7. The summed E-state index contributed by atoms with van der Waals surface area (Å²) < 4.78 is 1.90. The minimum atomic E-state index is -0.184. The van der Waals surface area contributed by atoms with Crippen LogP contribution in [0.15, 0.2) is 59.2 Å². The molecule has 34 heavy (non-hydrogen) atoms. The van der Waals surface area contributed by atoms with Crippen LogP contribution in [0.5, 0.6) is 0 Å². The first-order valence-corrected chi connectivity index (χ1v) is 12.5. The average Bonchev–Trinajstić information content (AvgIpc) is 3.47. The Morgan fingerprint density at radius 2 is 1.88 bits per heavy atom. The Hall–Kier alpha value is -3.50. The third-order valence-electron chi connectivity index (χ3n) is 5.00. The van der Waals surface area contributed by atoms with E-state index in [0.29, 0.717) is 21.7 Å². The molecule has 2 aromatic carbocycles. The van der Waals surface area contributed by atoms with E-state index in [9.17, 15) is 9.59 Å². The Labute approximate surface area is 205 Å². The summed E-state index contributed by atoms with van der Waals surface area (Å²) in [5, 5.41) is 17.3. The van der Waals surface area contributed by atoms with Crippen molar-refractivity contribution in [1.82, 2.24) is 25.1 Å². The van der Waals surface area contributed by atoms with E-state index < -0.39 is 0 Å². The van der Waals surface area contributed by atoms with Crippen molar-refractivity contribution in [2.45, 2.75) is 32.5 Å². The van der Waals surface area contributed by atoms with Crippen LogP contribution in [0.2, 0.25) is 0 Å². The van der Waals surface area contributed by atoms with Crippen LogP contribution < -0.4 is 10.6 Å². The highest BCUT2D eigenvalue weighted by molar-refractivity contribution is 7.99. The number of carbonyl (C=O) groups is 2. The first kappa shape index (κ1) is 23.7. The summed E-state index contributed by atoms with van der Waals surface area (Å²) in [5.41, 5.74) is 4.63. The standard InChI is InChI=1S/C24H24N6O2S2/c1-15-5-4-6-18(11-15)22(32)26-13-20-28-29-24(30(20)19-12-16(2)7-8-17(19)3)34-14-21(31)27-23-25-9-10-33-23/h4-12H,13-14H2,1-3H3,(H,26,32)(H,25,27,31). The number of hydrogen-bond donors (Lipinski definition) is 2. The van der Waals surface area contributed by atoms with Crippen LogP contribution in [0, 0.1) is 20.8 Å². The lowest BCUT2D eigenvalue weighted by Crippen LogP contribution is -2.25. The Bertz CT molecular complexity index is 1320. The first-order valence-electron chi connectivity index (χ1n) is 10.6. The SMILES string of the molecule is Cc1cccc(C(=O)NCc2nnc(SCC(=O)Nc3nccs3)n2-c2cc(C)ccc2C)c1. The number of carbonyl (C=O) groups excluding carboxylic acids is 2. The van der Waals surface area contributed by atoms with Crippen LogP contribution >= 0.6 is 23.1 Å². The van der Waals surface area contributed by atoms with Gasteiger partial charge in [0.05, 0.1) is 18.0 Å². The zero-order chi connectivity index (χ0) is 24.1. The van der Waals surface area contributed by atoms with Crippen molar-refractivity contribution in [3.63, 3.8) is 0 Å². The largest absolute Gasteiger partial charge is 0.345 e. The molecule has 0 fully saturated rings. The molecule has 0 aliphatic heterocycles. The molecule has 0 saturated heterocycles. The Balaban J connectivity index is 1.56. The second-order valence-electron chi connectivity index (χ2n) is 7.75. The summed E-state index contributed by atoms with van der Waals surface area (Å²) >= 11 is 2.64. The van der Waals surface area contributed by atoms with Crippen LogP contribution in [0.4, 0.5) is 5.13 Å². The maximum absolute atomic E-state index is 12.7. The maximum Gasteiger partial charge on any atom is 0.251 e. The van der Waals surface area contributed by atoms with Gasteiger partial charge in [0.15, 0.2) is 16.1 Å². The van der Waals surface area contributed by atoms with Gasteiger partial charge in [0.25, 0.3) is 5.91 Å². The fraction of sp³-hybridized carbons (Fsp3) is 0.208. The molecule has 10 heteroatoms. The number of rotatable bonds is 8. The quantitative estimate of drug-likeness (QED) is 0.356. The molecule has 0 bridgehead atoms. The minimum Gasteiger partial charge on any atom is -0.345 e. The molecule has 4 rings (SSSR count). The number of nitrogens with zero attached hydrogens (tertiary/aromatic N) is 4. The van der Waals surface area contributed by atoms with Gasteiger partial charge in [0.1, 0.15) is 0 Å². The van der Waals surface area contributed by atoms with Crippen LogP contribution in [0.1, 0.15) is 32.9 Å². The number of benzene rings is 2. The second-order valence-corrected chi connectivity index (χ2v) is 9.59. The zero-order valence-corrected chi connectivity index (χ0v) is 20.7. The van der Waals surface area contributed by atoms with E-state index in [-0.39, 0.29) is 24.1 Å². The third kappa shape index (κ3) is 5.70. The van der Waals surface area contributed by atoms with E-state index in [1.807, 2.05) is 61.7 Å². The van der Waals surface area contributed by atoms with Crippen molar-refractivity contribution in [3.8, 4) is 5.69 Å². The normalized spacial score (nSPS) is 10.8. The van der Waals surface area contributed by atoms with Gasteiger partial charge in [-0.2, -0.15) is 0 Å². The van der Waals surface area contributed by atoms with Gasteiger partial charge in [-0.05, 0) is 50.1 Å². The molecule has 0 unspecified atom stereocenters.